The quantitative estimate of drug-likeness (QED) is 0.748. The van der Waals surface area contributed by atoms with Crippen molar-refractivity contribution in [3.63, 3.8) is 0 Å². The number of carbonyl (C=O) groups excluding carboxylic acids is 2. The van der Waals surface area contributed by atoms with Crippen LogP contribution in [-0.2, 0) is 11.3 Å². The fourth-order valence-corrected chi connectivity index (χ4v) is 3.56. The van der Waals surface area contributed by atoms with Crippen molar-refractivity contribution in [1.82, 2.24) is 14.6 Å². The SMILES string of the molecule is CN(C)CC(=O)Nc1ccc(-c2ccn3ccc4c3c2CNCC4=O)cc1. The third-order valence-corrected chi connectivity index (χ3v) is 4.76. The molecule has 0 aliphatic carbocycles. The molecule has 3 aromatic rings. The fraction of sp³-hybridized carbons (Fsp3) is 0.238. The topological polar surface area (TPSA) is 65.8 Å². The summed E-state index contributed by atoms with van der Waals surface area (Å²) in [5.41, 5.74) is 5.79. The molecule has 0 radical (unpaired) electrons. The van der Waals surface area contributed by atoms with E-state index in [-0.39, 0.29) is 11.7 Å². The highest BCUT2D eigenvalue weighted by Gasteiger charge is 2.20. The van der Waals surface area contributed by atoms with E-state index in [0.717, 1.165) is 33.5 Å². The van der Waals surface area contributed by atoms with Gasteiger partial charge >= 0.3 is 0 Å². The number of ketones is 1. The molecule has 2 aromatic heterocycles. The van der Waals surface area contributed by atoms with Crippen molar-refractivity contribution in [3.8, 4) is 11.1 Å². The molecule has 0 saturated heterocycles. The van der Waals surface area contributed by atoms with Gasteiger partial charge in [-0.2, -0.15) is 0 Å². The lowest BCUT2D eigenvalue weighted by Crippen LogP contribution is -2.27. The largest absolute Gasteiger partial charge is 0.325 e. The summed E-state index contributed by atoms with van der Waals surface area (Å²) in [6.45, 7) is 1.34. The summed E-state index contributed by atoms with van der Waals surface area (Å²) in [7, 11) is 3.73. The molecule has 1 aromatic carbocycles. The van der Waals surface area contributed by atoms with Gasteiger partial charge in [0, 0.05) is 30.2 Å². The summed E-state index contributed by atoms with van der Waals surface area (Å²) in [4.78, 5) is 26.0. The number of nitrogens with one attached hydrogen (secondary N) is 2. The first-order chi connectivity index (χ1) is 13.0. The highest BCUT2D eigenvalue weighted by atomic mass is 16.2. The average molecular weight is 362 g/mol. The van der Waals surface area contributed by atoms with Crippen molar-refractivity contribution in [1.29, 1.82) is 0 Å². The molecule has 0 spiro atoms. The number of likely N-dealkylation sites (N-methyl/N-ethyl adjacent to an activating group) is 1. The molecule has 1 amide bonds. The minimum absolute atomic E-state index is 0.0405. The summed E-state index contributed by atoms with van der Waals surface area (Å²) in [5.74, 6) is 0.0774. The van der Waals surface area contributed by atoms with Crippen LogP contribution >= 0.6 is 0 Å². The van der Waals surface area contributed by atoms with E-state index < -0.39 is 0 Å². The number of benzene rings is 1. The number of carbonyl (C=O) groups is 2. The molecular formula is C21H22N4O2. The van der Waals surface area contributed by atoms with Gasteiger partial charge in [-0.05, 0) is 55.1 Å². The number of hydrogen-bond acceptors (Lipinski definition) is 4. The predicted molar refractivity (Wildman–Crippen MR) is 106 cm³/mol. The summed E-state index contributed by atoms with van der Waals surface area (Å²) < 4.78 is 2.01. The third kappa shape index (κ3) is 3.37. The first-order valence-corrected chi connectivity index (χ1v) is 8.94. The first kappa shape index (κ1) is 17.5. The third-order valence-electron chi connectivity index (χ3n) is 4.76. The maximum Gasteiger partial charge on any atom is 0.238 e. The van der Waals surface area contributed by atoms with Crippen LogP contribution in [0.4, 0.5) is 5.69 Å². The van der Waals surface area contributed by atoms with Gasteiger partial charge in [-0.15, -0.1) is 0 Å². The monoisotopic (exact) mass is 362 g/mol. The van der Waals surface area contributed by atoms with Gasteiger partial charge in [-0.1, -0.05) is 12.1 Å². The Balaban J connectivity index is 1.68. The van der Waals surface area contributed by atoms with E-state index >= 15 is 0 Å². The Morgan fingerprint density at radius 1 is 1.07 bits per heavy atom. The number of amides is 1. The minimum atomic E-state index is -0.0405. The van der Waals surface area contributed by atoms with E-state index in [9.17, 15) is 9.59 Å². The molecule has 138 valence electrons. The van der Waals surface area contributed by atoms with Crippen molar-refractivity contribution in [3.05, 3.63) is 59.9 Å². The molecule has 1 aliphatic rings. The maximum atomic E-state index is 12.3. The van der Waals surface area contributed by atoms with Gasteiger partial charge in [-0.25, -0.2) is 0 Å². The van der Waals surface area contributed by atoms with Crippen LogP contribution in [0, 0.1) is 0 Å². The van der Waals surface area contributed by atoms with E-state index in [0.29, 0.717) is 19.6 Å². The zero-order valence-electron chi connectivity index (χ0n) is 15.5. The molecule has 0 unspecified atom stereocenters. The number of hydrogen-bond donors (Lipinski definition) is 2. The number of Topliss-reactive ketones (excluding diaryl/α,β-unsaturated/α-hetero) is 1. The van der Waals surface area contributed by atoms with E-state index in [1.165, 1.54) is 0 Å². The lowest BCUT2D eigenvalue weighted by atomic mass is 9.98. The number of pyridine rings is 1. The molecule has 1 aliphatic heterocycles. The second-order valence-corrected chi connectivity index (χ2v) is 7.08. The van der Waals surface area contributed by atoms with Crippen LogP contribution in [-0.4, -0.2) is 48.2 Å². The van der Waals surface area contributed by atoms with Gasteiger partial charge < -0.3 is 19.9 Å². The standard InChI is InChI=1S/C21H22N4O2/c1-24(2)13-20(27)23-15-5-3-14(4-6-15)16-7-9-25-10-8-17-19(26)12-22-11-18(16)21(17)25/h3-10,22H,11-13H2,1-2H3,(H,23,27). The predicted octanol–water partition coefficient (Wildman–Crippen LogP) is 2.39. The molecule has 6 nitrogen and oxygen atoms in total. The molecule has 0 bridgehead atoms. The van der Waals surface area contributed by atoms with E-state index in [1.54, 1.807) is 0 Å². The number of rotatable bonds is 4. The number of nitrogens with zero attached hydrogens (tertiary/aromatic N) is 2. The molecule has 3 heterocycles. The second kappa shape index (κ2) is 6.98. The Morgan fingerprint density at radius 2 is 1.78 bits per heavy atom. The summed E-state index contributed by atoms with van der Waals surface area (Å²) >= 11 is 0. The molecule has 0 fully saturated rings. The Bertz CT molecular complexity index is 1020. The average Bonchev–Trinajstić information content (AvgIpc) is 2.98. The fourth-order valence-electron chi connectivity index (χ4n) is 3.56. The highest BCUT2D eigenvalue weighted by molar-refractivity contribution is 6.06. The van der Waals surface area contributed by atoms with Gasteiger partial charge in [0.2, 0.25) is 5.91 Å². The summed E-state index contributed by atoms with van der Waals surface area (Å²) in [5, 5.41) is 6.13. The van der Waals surface area contributed by atoms with Crippen LogP contribution in [0.1, 0.15) is 15.9 Å². The van der Waals surface area contributed by atoms with Crippen molar-refractivity contribution < 1.29 is 9.59 Å². The van der Waals surface area contributed by atoms with Crippen molar-refractivity contribution in [2.45, 2.75) is 6.54 Å². The lowest BCUT2D eigenvalue weighted by Gasteiger charge is -2.13. The van der Waals surface area contributed by atoms with Crippen LogP contribution in [0.3, 0.4) is 0 Å². The van der Waals surface area contributed by atoms with Gasteiger partial charge in [0.25, 0.3) is 0 Å². The van der Waals surface area contributed by atoms with Crippen LogP contribution in [0.25, 0.3) is 16.6 Å². The number of aromatic nitrogens is 1. The Morgan fingerprint density at radius 3 is 2.48 bits per heavy atom. The van der Waals surface area contributed by atoms with E-state index in [1.807, 2.05) is 66.1 Å². The molecule has 4 rings (SSSR count). The molecule has 6 heteroatoms. The first-order valence-electron chi connectivity index (χ1n) is 8.94. The van der Waals surface area contributed by atoms with Gasteiger partial charge in [0.1, 0.15) is 0 Å². The van der Waals surface area contributed by atoms with Crippen LogP contribution in [0.15, 0.2) is 48.8 Å². The van der Waals surface area contributed by atoms with Crippen molar-refractivity contribution >= 4 is 22.9 Å². The van der Waals surface area contributed by atoms with E-state index in [4.69, 9.17) is 0 Å². The second-order valence-electron chi connectivity index (χ2n) is 7.08. The zero-order valence-corrected chi connectivity index (χ0v) is 15.5. The van der Waals surface area contributed by atoms with E-state index in [2.05, 4.69) is 16.7 Å². The van der Waals surface area contributed by atoms with Crippen molar-refractivity contribution in [2.75, 3.05) is 32.5 Å². The Kier molecular flexibility index (Phi) is 4.51. The van der Waals surface area contributed by atoms with Crippen LogP contribution in [0.5, 0.6) is 0 Å². The molecule has 0 saturated carbocycles. The lowest BCUT2D eigenvalue weighted by molar-refractivity contribution is -0.116. The Labute approximate surface area is 157 Å². The Hall–Kier alpha value is -2.96. The van der Waals surface area contributed by atoms with Crippen LogP contribution < -0.4 is 10.6 Å². The maximum absolute atomic E-state index is 12.3. The minimum Gasteiger partial charge on any atom is -0.325 e. The van der Waals surface area contributed by atoms with Crippen molar-refractivity contribution in [2.24, 2.45) is 0 Å². The molecule has 27 heavy (non-hydrogen) atoms. The smallest absolute Gasteiger partial charge is 0.238 e. The van der Waals surface area contributed by atoms with Gasteiger partial charge in [0.15, 0.2) is 5.78 Å². The summed E-state index contributed by atoms with van der Waals surface area (Å²) in [6.07, 6.45) is 3.92. The summed E-state index contributed by atoms with van der Waals surface area (Å²) in [6, 6.07) is 11.8. The molecular weight excluding hydrogens is 340 g/mol. The molecule has 2 N–H and O–H groups in total. The van der Waals surface area contributed by atoms with Crippen LogP contribution in [0.2, 0.25) is 0 Å². The number of anilines is 1. The molecule has 0 atom stereocenters. The highest BCUT2D eigenvalue weighted by Crippen LogP contribution is 2.31. The zero-order chi connectivity index (χ0) is 19.0. The normalized spacial score (nSPS) is 13.8. The van der Waals surface area contributed by atoms with Gasteiger partial charge in [-0.3, -0.25) is 9.59 Å². The van der Waals surface area contributed by atoms with Gasteiger partial charge in [0.05, 0.1) is 18.6 Å².